The summed E-state index contributed by atoms with van der Waals surface area (Å²) in [6.07, 6.45) is 2.95. The molecule has 20 heavy (non-hydrogen) atoms. The Bertz CT molecular complexity index is 424. The minimum Gasteiger partial charge on any atom is -0.477 e. The van der Waals surface area contributed by atoms with Crippen LogP contribution >= 0.6 is 11.3 Å². The number of hydrogen-bond donors (Lipinski definition) is 1. The van der Waals surface area contributed by atoms with Crippen LogP contribution in [0.4, 0.5) is 0 Å². The van der Waals surface area contributed by atoms with E-state index in [1.165, 1.54) is 11.3 Å². The Balaban J connectivity index is 2.86. The minimum absolute atomic E-state index is 0.418. The van der Waals surface area contributed by atoms with Crippen LogP contribution in [0.25, 0.3) is 0 Å². The highest BCUT2D eigenvalue weighted by Gasteiger charge is 2.19. The summed E-state index contributed by atoms with van der Waals surface area (Å²) in [5.41, 5.74) is 0.750. The molecular weight excluding hydrogens is 272 g/mol. The van der Waals surface area contributed by atoms with Crippen LogP contribution in [-0.2, 0) is 13.0 Å². The van der Waals surface area contributed by atoms with Gasteiger partial charge in [-0.05, 0) is 38.3 Å². The van der Waals surface area contributed by atoms with Gasteiger partial charge in [-0.2, -0.15) is 0 Å². The second-order valence-corrected chi connectivity index (χ2v) is 6.65. The Kier molecular flexibility index (Phi) is 7.16. The van der Waals surface area contributed by atoms with Gasteiger partial charge in [-0.1, -0.05) is 27.7 Å². The summed E-state index contributed by atoms with van der Waals surface area (Å²) >= 11 is 1.34. The lowest BCUT2D eigenvalue weighted by Crippen LogP contribution is -2.24. The van der Waals surface area contributed by atoms with E-state index in [9.17, 15) is 9.90 Å². The molecule has 0 amide bonds. The first-order chi connectivity index (χ1) is 9.47. The van der Waals surface area contributed by atoms with Gasteiger partial charge in [0.15, 0.2) is 0 Å². The molecule has 0 aliphatic rings. The second-order valence-electron chi connectivity index (χ2n) is 5.56. The molecule has 0 fully saturated rings. The molecule has 5 heteroatoms. The van der Waals surface area contributed by atoms with Crippen LogP contribution in [0.2, 0.25) is 0 Å². The third kappa shape index (κ3) is 5.21. The van der Waals surface area contributed by atoms with Crippen molar-refractivity contribution in [3.63, 3.8) is 0 Å². The van der Waals surface area contributed by atoms with E-state index in [1.54, 1.807) is 0 Å². The minimum atomic E-state index is -0.845. The van der Waals surface area contributed by atoms with Crippen LogP contribution in [-0.4, -0.2) is 34.0 Å². The molecule has 0 aromatic carbocycles. The topological polar surface area (TPSA) is 53.4 Å². The number of rotatable bonds is 9. The standard InChI is InChI=1S/C15H26N2O2S/c1-5-7-17(8-6-2)10-13-16-12(9-11(3)4)14(20-13)15(18)19/h11H,5-10H2,1-4H3,(H,18,19). The maximum Gasteiger partial charge on any atom is 0.347 e. The predicted octanol–water partition coefficient (Wildman–Crippen LogP) is 3.66. The summed E-state index contributed by atoms with van der Waals surface area (Å²) < 4.78 is 0. The monoisotopic (exact) mass is 298 g/mol. The molecule has 1 aromatic rings. The number of carbonyl (C=O) groups is 1. The highest BCUT2D eigenvalue weighted by Crippen LogP contribution is 2.22. The quantitative estimate of drug-likeness (QED) is 0.756. The van der Waals surface area contributed by atoms with Crippen LogP contribution in [0.15, 0.2) is 0 Å². The van der Waals surface area contributed by atoms with Crippen molar-refractivity contribution < 1.29 is 9.90 Å². The van der Waals surface area contributed by atoms with Gasteiger partial charge in [0.2, 0.25) is 0 Å². The summed E-state index contributed by atoms with van der Waals surface area (Å²) in [6.45, 7) is 11.3. The van der Waals surface area contributed by atoms with E-state index in [-0.39, 0.29) is 0 Å². The number of aromatic carboxylic acids is 1. The summed E-state index contributed by atoms with van der Waals surface area (Å²) in [5, 5.41) is 10.2. The molecule has 0 saturated carbocycles. The number of carboxylic acids is 1. The van der Waals surface area contributed by atoms with Gasteiger partial charge < -0.3 is 5.11 Å². The van der Waals surface area contributed by atoms with E-state index in [4.69, 9.17) is 0 Å². The molecule has 1 aromatic heterocycles. The van der Waals surface area contributed by atoms with Crippen LogP contribution < -0.4 is 0 Å². The molecule has 0 spiro atoms. The highest BCUT2D eigenvalue weighted by atomic mass is 32.1. The number of hydrogen-bond acceptors (Lipinski definition) is 4. The first-order valence-electron chi connectivity index (χ1n) is 7.42. The fraction of sp³-hybridized carbons (Fsp3) is 0.733. The highest BCUT2D eigenvalue weighted by molar-refractivity contribution is 7.13. The molecule has 0 bridgehead atoms. The predicted molar refractivity (Wildman–Crippen MR) is 83.5 cm³/mol. The second kappa shape index (κ2) is 8.37. The number of carboxylic acid groups (broad SMARTS) is 1. The van der Waals surface area contributed by atoms with E-state index in [0.29, 0.717) is 10.8 Å². The molecule has 0 radical (unpaired) electrons. The molecule has 0 aliphatic carbocycles. The Morgan fingerprint density at radius 2 is 1.90 bits per heavy atom. The van der Waals surface area contributed by atoms with Gasteiger partial charge in [0.05, 0.1) is 12.2 Å². The van der Waals surface area contributed by atoms with Gasteiger partial charge in [-0.3, -0.25) is 4.90 Å². The average molecular weight is 298 g/mol. The summed E-state index contributed by atoms with van der Waals surface area (Å²) in [6, 6.07) is 0. The molecule has 1 rings (SSSR count). The number of nitrogens with zero attached hydrogens (tertiary/aromatic N) is 2. The fourth-order valence-corrected chi connectivity index (χ4v) is 3.23. The molecular formula is C15H26N2O2S. The summed E-state index contributed by atoms with van der Waals surface area (Å²) in [7, 11) is 0. The smallest absolute Gasteiger partial charge is 0.347 e. The maximum absolute atomic E-state index is 11.3. The van der Waals surface area contributed by atoms with Gasteiger partial charge in [0.1, 0.15) is 9.88 Å². The zero-order chi connectivity index (χ0) is 15.1. The normalized spacial score (nSPS) is 11.5. The number of aromatic nitrogens is 1. The Morgan fingerprint density at radius 3 is 2.35 bits per heavy atom. The lowest BCUT2D eigenvalue weighted by atomic mass is 10.1. The summed E-state index contributed by atoms with van der Waals surface area (Å²) in [5.74, 6) is -0.424. The molecule has 0 aliphatic heterocycles. The number of thiazole rings is 1. The third-order valence-corrected chi connectivity index (χ3v) is 4.05. The molecule has 0 atom stereocenters. The average Bonchev–Trinajstić information content (AvgIpc) is 2.71. The van der Waals surface area contributed by atoms with Gasteiger partial charge in [0, 0.05) is 0 Å². The van der Waals surface area contributed by atoms with E-state index >= 15 is 0 Å². The zero-order valence-electron chi connectivity index (χ0n) is 13.0. The molecule has 0 saturated heterocycles. The van der Waals surface area contributed by atoms with E-state index in [0.717, 1.165) is 49.6 Å². The lowest BCUT2D eigenvalue weighted by Gasteiger charge is -2.19. The van der Waals surface area contributed by atoms with Crippen LogP contribution in [0.1, 0.15) is 60.9 Å². The van der Waals surface area contributed by atoms with Crippen molar-refractivity contribution in [1.82, 2.24) is 9.88 Å². The van der Waals surface area contributed by atoms with Crippen molar-refractivity contribution in [3.8, 4) is 0 Å². The third-order valence-electron chi connectivity index (χ3n) is 2.98. The first kappa shape index (κ1) is 17.1. The zero-order valence-corrected chi connectivity index (χ0v) is 13.8. The SMILES string of the molecule is CCCN(CCC)Cc1nc(CC(C)C)c(C(=O)O)s1. The molecule has 1 heterocycles. The van der Waals surface area contributed by atoms with Gasteiger partial charge in [0.25, 0.3) is 0 Å². The molecule has 0 unspecified atom stereocenters. The lowest BCUT2D eigenvalue weighted by molar-refractivity contribution is 0.0700. The van der Waals surface area contributed by atoms with E-state index in [2.05, 4.69) is 37.6 Å². The van der Waals surface area contributed by atoms with E-state index < -0.39 is 5.97 Å². The molecule has 1 N–H and O–H groups in total. The Morgan fingerprint density at radius 1 is 1.30 bits per heavy atom. The largest absolute Gasteiger partial charge is 0.477 e. The van der Waals surface area contributed by atoms with E-state index in [1.807, 2.05) is 0 Å². The molecule has 4 nitrogen and oxygen atoms in total. The van der Waals surface area contributed by atoms with Crippen molar-refractivity contribution in [2.24, 2.45) is 5.92 Å². The van der Waals surface area contributed by atoms with Gasteiger partial charge >= 0.3 is 5.97 Å². The van der Waals surface area contributed by atoms with Crippen molar-refractivity contribution in [2.45, 2.75) is 53.5 Å². The van der Waals surface area contributed by atoms with Crippen molar-refractivity contribution in [2.75, 3.05) is 13.1 Å². The van der Waals surface area contributed by atoms with Crippen molar-refractivity contribution >= 4 is 17.3 Å². The van der Waals surface area contributed by atoms with Crippen molar-refractivity contribution in [1.29, 1.82) is 0 Å². The van der Waals surface area contributed by atoms with Crippen molar-refractivity contribution in [3.05, 3.63) is 15.6 Å². The van der Waals surface area contributed by atoms with Crippen LogP contribution in [0.3, 0.4) is 0 Å². The van der Waals surface area contributed by atoms with Gasteiger partial charge in [-0.25, -0.2) is 9.78 Å². The summed E-state index contributed by atoms with van der Waals surface area (Å²) in [4.78, 5) is 18.7. The Labute approximate surface area is 125 Å². The maximum atomic E-state index is 11.3. The molecule has 114 valence electrons. The fourth-order valence-electron chi connectivity index (χ4n) is 2.25. The van der Waals surface area contributed by atoms with Crippen LogP contribution in [0, 0.1) is 5.92 Å². The van der Waals surface area contributed by atoms with Crippen LogP contribution in [0.5, 0.6) is 0 Å². The Hall–Kier alpha value is -0.940. The van der Waals surface area contributed by atoms with Gasteiger partial charge in [-0.15, -0.1) is 11.3 Å². The first-order valence-corrected chi connectivity index (χ1v) is 8.23.